The van der Waals surface area contributed by atoms with Gasteiger partial charge in [0.05, 0.1) is 28.9 Å². The summed E-state index contributed by atoms with van der Waals surface area (Å²) in [6, 6.07) is 12.9. The molecule has 0 aromatic heterocycles. The Kier molecular flexibility index (Phi) is 6.65. The minimum Gasteiger partial charge on any atom is -0.348 e. The van der Waals surface area contributed by atoms with E-state index >= 15 is 0 Å². The normalized spacial score (nSPS) is 16.6. The largest absolute Gasteiger partial charge is 0.348 e. The van der Waals surface area contributed by atoms with Crippen molar-refractivity contribution in [1.29, 1.82) is 0 Å². The Bertz CT molecular complexity index is 979. The number of halogens is 2. The van der Waals surface area contributed by atoms with Gasteiger partial charge in [0.15, 0.2) is 0 Å². The number of nitrogens with one attached hydrogen (secondary N) is 1. The molecule has 5 nitrogen and oxygen atoms in total. The van der Waals surface area contributed by atoms with Gasteiger partial charge in [-0.15, -0.1) is 0 Å². The standard InChI is InChI=1S/C20H22Cl2N2O3S/c1-28(26,27)24(12-14-9-10-17(21)18(22)11-14)13-20(25)23-19-8-4-6-15-5-2-3-7-16(15)19/h2-3,5,7,9-11,19H,4,6,8,12-13H2,1H3,(H,23,25)/t19-/m0/s1. The van der Waals surface area contributed by atoms with E-state index in [2.05, 4.69) is 11.4 Å². The number of hydrogen-bond donors (Lipinski definition) is 1. The van der Waals surface area contributed by atoms with Gasteiger partial charge in [-0.25, -0.2) is 8.42 Å². The average molecular weight is 441 g/mol. The third-order valence-electron chi connectivity index (χ3n) is 4.84. The Morgan fingerprint density at radius 3 is 2.64 bits per heavy atom. The lowest BCUT2D eigenvalue weighted by Crippen LogP contribution is -2.41. The van der Waals surface area contributed by atoms with E-state index in [1.54, 1.807) is 18.2 Å². The zero-order valence-electron chi connectivity index (χ0n) is 15.5. The number of rotatable bonds is 6. The molecule has 0 aliphatic heterocycles. The Labute approximate surface area is 175 Å². The van der Waals surface area contributed by atoms with Crippen LogP contribution in [0.3, 0.4) is 0 Å². The minimum atomic E-state index is -3.59. The molecule has 1 aliphatic carbocycles. The van der Waals surface area contributed by atoms with Crippen LogP contribution in [-0.2, 0) is 27.8 Å². The highest BCUT2D eigenvalue weighted by atomic mass is 35.5. The fraction of sp³-hybridized carbons (Fsp3) is 0.350. The van der Waals surface area contributed by atoms with Gasteiger partial charge in [0.1, 0.15) is 0 Å². The van der Waals surface area contributed by atoms with Crippen LogP contribution in [0.15, 0.2) is 42.5 Å². The number of nitrogens with zero attached hydrogens (tertiary/aromatic N) is 1. The molecule has 0 saturated carbocycles. The van der Waals surface area contributed by atoms with E-state index in [4.69, 9.17) is 23.2 Å². The molecule has 28 heavy (non-hydrogen) atoms. The predicted molar refractivity (Wildman–Crippen MR) is 112 cm³/mol. The van der Waals surface area contributed by atoms with E-state index in [1.165, 1.54) is 5.56 Å². The first-order valence-electron chi connectivity index (χ1n) is 9.00. The van der Waals surface area contributed by atoms with E-state index < -0.39 is 10.0 Å². The summed E-state index contributed by atoms with van der Waals surface area (Å²) in [5, 5.41) is 3.73. The molecule has 0 bridgehead atoms. The summed E-state index contributed by atoms with van der Waals surface area (Å²) >= 11 is 11.9. The lowest BCUT2D eigenvalue weighted by Gasteiger charge is -2.27. The first kappa shape index (κ1) is 21.1. The summed E-state index contributed by atoms with van der Waals surface area (Å²) in [5.41, 5.74) is 3.00. The molecule has 0 unspecified atom stereocenters. The smallest absolute Gasteiger partial charge is 0.235 e. The van der Waals surface area contributed by atoms with E-state index in [1.807, 2.05) is 18.2 Å². The molecule has 0 spiro atoms. The molecule has 0 fully saturated rings. The summed E-state index contributed by atoms with van der Waals surface area (Å²) in [6.07, 6.45) is 3.92. The third-order valence-corrected chi connectivity index (χ3v) is 6.77. The van der Waals surface area contributed by atoms with Crippen LogP contribution in [-0.4, -0.2) is 31.4 Å². The highest BCUT2D eigenvalue weighted by Gasteiger charge is 2.25. The van der Waals surface area contributed by atoms with Crippen molar-refractivity contribution < 1.29 is 13.2 Å². The molecule has 1 N–H and O–H groups in total. The summed E-state index contributed by atoms with van der Waals surface area (Å²) in [6.45, 7) is -0.206. The van der Waals surface area contributed by atoms with Gasteiger partial charge in [0.2, 0.25) is 15.9 Å². The molecule has 3 rings (SSSR count). The maximum Gasteiger partial charge on any atom is 0.235 e. The van der Waals surface area contributed by atoms with Gasteiger partial charge >= 0.3 is 0 Å². The third kappa shape index (κ3) is 5.26. The molecule has 2 aromatic carbocycles. The van der Waals surface area contributed by atoms with Gasteiger partial charge < -0.3 is 5.32 Å². The highest BCUT2D eigenvalue weighted by molar-refractivity contribution is 7.88. The number of amides is 1. The summed E-state index contributed by atoms with van der Waals surface area (Å²) < 4.78 is 25.5. The molecule has 2 aromatic rings. The monoisotopic (exact) mass is 440 g/mol. The Hall–Kier alpha value is -1.60. The van der Waals surface area contributed by atoms with Crippen molar-refractivity contribution >= 4 is 39.1 Å². The van der Waals surface area contributed by atoms with Crippen LogP contribution < -0.4 is 5.32 Å². The molecule has 0 heterocycles. The Balaban J connectivity index is 1.71. The predicted octanol–water partition coefficient (Wildman–Crippen LogP) is 3.95. The van der Waals surface area contributed by atoms with Gasteiger partial charge in [-0.1, -0.05) is 53.5 Å². The van der Waals surface area contributed by atoms with Gasteiger partial charge in [-0.2, -0.15) is 4.31 Å². The molecule has 1 atom stereocenters. The Morgan fingerprint density at radius 2 is 1.93 bits per heavy atom. The molecule has 0 saturated heterocycles. The Morgan fingerprint density at radius 1 is 1.18 bits per heavy atom. The van der Waals surface area contributed by atoms with Gasteiger partial charge in [0.25, 0.3) is 0 Å². The van der Waals surface area contributed by atoms with Crippen molar-refractivity contribution in [3.8, 4) is 0 Å². The van der Waals surface area contributed by atoms with Gasteiger partial charge in [-0.3, -0.25) is 4.79 Å². The van der Waals surface area contributed by atoms with E-state index in [0.717, 1.165) is 35.4 Å². The minimum absolute atomic E-state index is 0.0460. The second-order valence-electron chi connectivity index (χ2n) is 6.99. The van der Waals surface area contributed by atoms with Crippen LogP contribution in [0.4, 0.5) is 0 Å². The molecular formula is C20H22Cl2N2O3S. The number of benzene rings is 2. The number of fused-ring (bicyclic) bond motifs is 1. The van der Waals surface area contributed by atoms with E-state index in [9.17, 15) is 13.2 Å². The first-order valence-corrected chi connectivity index (χ1v) is 11.6. The average Bonchev–Trinajstić information content (AvgIpc) is 2.64. The summed E-state index contributed by atoms with van der Waals surface area (Å²) in [7, 11) is -3.59. The zero-order chi connectivity index (χ0) is 20.3. The number of hydrogen-bond acceptors (Lipinski definition) is 3. The maximum absolute atomic E-state index is 12.6. The SMILES string of the molecule is CS(=O)(=O)N(CC(=O)N[C@H]1CCCc2ccccc21)Cc1ccc(Cl)c(Cl)c1. The van der Waals surface area contributed by atoms with Crippen LogP contribution in [0.1, 0.15) is 35.6 Å². The fourth-order valence-electron chi connectivity index (χ4n) is 3.44. The molecule has 1 amide bonds. The molecule has 0 radical (unpaired) electrons. The quantitative estimate of drug-likeness (QED) is 0.739. The lowest BCUT2D eigenvalue weighted by molar-refractivity contribution is -0.122. The summed E-state index contributed by atoms with van der Waals surface area (Å²) in [4.78, 5) is 12.6. The molecule has 1 aliphatic rings. The first-order chi connectivity index (χ1) is 13.2. The topological polar surface area (TPSA) is 66.5 Å². The number of carbonyl (C=O) groups excluding carboxylic acids is 1. The van der Waals surface area contributed by atoms with Crippen LogP contribution >= 0.6 is 23.2 Å². The second kappa shape index (κ2) is 8.82. The van der Waals surface area contributed by atoms with E-state index in [0.29, 0.717) is 15.6 Å². The van der Waals surface area contributed by atoms with Crippen LogP contribution in [0.25, 0.3) is 0 Å². The van der Waals surface area contributed by atoms with Crippen LogP contribution in [0.2, 0.25) is 10.0 Å². The van der Waals surface area contributed by atoms with Gasteiger partial charge in [-0.05, 0) is 48.1 Å². The molecule has 8 heteroatoms. The number of aryl methyl sites for hydroxylation is 1. The van der Waals surface area contributed by atoms with Crippen molar-refractivity contribution in [1.82, 2.24) is 9.62 Å². The van der Waals surface area contributed by atoms with Crippen molar-refractivity contribution in [2.45, 2.75) is 31.8 Å². The second-order valence-corrected chi connectivity index (χ2v) is 9.79. The van der Waals surface area contributed by atoms with E-state index in [-0.39, 0.29) is 25.0 Å². The lowest BCUT2D eigenvalue weighted by atomic mass is 9.88. The van der Waals surface area contributed by atoms with Crippen LogP contribution in [0.5, 0.6) is 0 Å². The molecule has 150 valence electrons. The number of carbonyl (C=O) groups is 1. The zero-order valence-corrected chi connectivity index (χ0v) is 17.8. The maximum atomic E-state index is 12.6. The summed E-state index contributed by atoms with van der Waals surface area (Å²) in [5.74, 6) is -0.327. The van der Waals surface area contributed by atoms with Crippen molar-refractivity contribution in [2.24, 2.45) is 0 Å². The van der Waals surface area contributed by atoms with Crippen molar-refractivity contribution in [2.75, 3.05) is 12.8 Å². The number of sulfonamides is 1. The fourth-order valence-corrected chi connectivity index (χ4v) is 4.49. The highest BCUT2D eigenvalue weighted by Crippen LogP contribution is 2.29. The van der Waals surface area contributed by atoms with Gasteiger partial charge in [0, 0.05) is 6.54 Å². The van der Waals surface area contributed by atoms with Crippen LogP contribution in [0, 0.1) is 0 Å². The molecular weight excluding hydrogens is 419 g/mol. The van der Waals surface area contributed by atoms with Crippen molar-refractivity contribution in [3.05, 3.63) is 69.2 Å². The van der Waals surface area contributed by atoms with Crippen molar-refractivity contribution in [3.63, 3.8) is 0 Å².